The van der Waals surface area contributed by atoms with Gasteiger partial charge in [-0.05, 0) is 66.6 Å². The summed E-state index contributed by atoms with van der Waals surface area (Å²) in [6.45, 7) is 2.91. The van der Waals surface area contributed by atoms with E-state index in [2.05, 4.69) is 32.7 Å². The fourth-order valence-corrected chi connectivity index (χ4v) is 9.23. The highest BCUT2D eigenvalue weighted by atomic mass is 35.5. The summed E-state index contributed by atoms with van der Waals surface area (Å²) >= 11 is 7.20. The van der Waals surface area contributed by atoms with Gasteiger partial charge < -0.3 is 35.0 Å². The summed E-state index contributed by atoms with van der Waals surface area (Å²) in [4.78, 5) is 43.3. The number of carbonyl (C=O) groups is 2. The summed E-state index contributed by atoms with van der Waals surface area (Å²) in [7, 11) is -1.76. The van der Waals surface area contributed by atoms with Crippen molar-refractivity contribution in [3.8, 4) is 17.9 Å². The smallest absolute Gasteiger partial charge is 0.476 e. The van der Waals surface area contributed by atoms with Gasteiger partial charge in [0, 0.05) is 32.2 Å². The average molecular weight is 963 g/mol. The normalized spacial score (nSPS) is 15.2. The number of phosphoric acid groups is 1. The minimum Gasteiger partial charge on any atom is -0.497 e. The number of aromatic nitrogens is 4. The molecule has 6 aromatic rings. The number of aliphatic carboxylic acids is 1. The Bertz CT molecular complexity index is 2800. The van der Waals surface area contributed by atoms with Crippen LogP contribution in [0, 0.1) is 28.6 Å². The number of nitriles is 2. The molecule has 0 saturated carbocycles. The number of hydrogen-bond acceptors (Lipinski definition) is 16. The molecule has 0 unspecified atom stereocenters. The molecule has 1 aliphatic heterocycles. The second-order valence-electron chi connectivity index (χ2n) is 15.6. The Morgan fingerprint density at radius 2 is 1.62 bits per heavy atom. The van der Waals surface area contributed by atoms with Gasteiger partial charge in [-0.15, -0.1) is 0 Å². The zero-order chi connectivity index (χ0) is 48.2. The summed E-state index contributed by atoms with van der Waals surface area (Å²) in [5.41, 5.74) is 3.30. The molecule has 0 bridgehead atoms. The number of anilines is 4. The van der Waals surface area contributed by atoms with Gasteiger partial charge in [0.2, 0.25) is 17.7 Å². The first-order valence-corrected chi connectivity index (χ1v) is 23.3. The number of nitrogens with zero attached hydrogens (tertiary/aromatic N) is 8. The van der Waals surface area contributed by atoms with Gasteiger partial charge >= 0.3 is 19.9 Å². The van der Waals surface area contributed by atoms with E-state index in [0.29, 0.717) is 48.1 Å². The molecule has 19 nitrogen and oxygen atoms in total. The maximum atomic E-state index is 14.4. The maximum absolute atomic E-state index is 14.4. The van der Waals surface area contributed by atoms with Gasteiger partial charge in [0.1, 0.15) is 11.8 Å². The molecule has 7 rings (SSSR count). The van der Waals surface area contributed by atoms with E-state index in [9.17, 15) is 29.8 Å². The molecule has 1 saturated heterocycles. The van der Waals surface area contributed by atoms with E-state index < -0.39 is 37.9 Å². The van der Waals surface area contributed by atoms with Crippen LogP contribution >= 0.6 is 19.4 Å². The SMILES string of the molecule is CCN(Cc1ccc(OC)cc1)c1nc(Nc2cc(C#N)cc(N3CC[C@@H](NC(=O)OC)[C@H](C[C@H](OP(=O)(OCc4ccccc4)OCc4ccccc4)C(=O)O)C3)c2Cl)nc2nc(C#N)cn12. The highest BCUT2D eigenvalue weighted by Crippen LogP contribution is 2.53. The van der Waals surface area contributed by atoms with Gasteiger partial charge in [-0.25, -0.2) is 14.2 Å². The highest BCUT2D eigenvalue weighted by molar-refractivity contribution is 7.48. The molecule has 0 aliphatic carbocycles. The quantitative estimate of drug-likeness (QED) is 0.0610. The van der Waals surface area contributed by atoms with Crippen LogP contribution in [0.1, 0.15) is 47.7 Å². The number of carboxylic acids is 1. The van der Waals surface area contributed by atoms with Gasteiger partial charge in [0.15, 0.2) is 11.8 Å². The van der Waals surface area contributed by atoms with E-state index in [1.807, 2.05) is 53.1 Å². The number of methoxy groups -OCH3 is 2. The standard InChI is InChI=1S/C47H48ClN10O9P/c1-4-56(26-31-15-17-37(63-2)18-16-31)46-55-44(54-45-51-36(25-50)28-58(45)46)52-39-21-34(24-49)22-40(42(39)48)57-20-19-38(53-47(61)64-3)35(27-57)23-41(43(59)60)67-68(62,65-29-32-11-7-5-8-12-32)66-30-33-13-9-6-10-14-33/h5-18,21-22,28,35,38,41H,4,19-20,23,26-27,29-30H2,1-3H3,(H,53,61)(H,59,60)(H,51,52,54)/t35-,38-,41+/m1/s1. The second-order valence-corrected chi connectivity index (χ2v) is 17.6. The van der Waals surface area contributed by atoms with E-state index in [0.717, 1.165) is 5.56 Å². The third-order valence-electron chi connectivity index (χ3n) is 11.1. The second kappa shape index (κ2) is 22.5. The van der Waals surface area contributed by atoms with Gasteiger partial charge in [-0.3, -0.25) is 18.0 Å². The lowest BCUT2D eigenvalue weighted by atomic mass is 9.87. The summed E-state index contributed by atoms with van der Waals surface area (Å²) in [5.74, 6) is -0.724. The largest absolute Gasteiger partial charge is 0.497 e. The number of piperidine rings is 1. The Labute approximate surface area is 397 Å². The first-order valence-electron chi connectivity index (χ1n) is 21.4. The molecule has 3 heterocycles. The number of nitrogens with one attached hydrogen (secondary N) is 2. The number of carbonyl (C=O) groups excluding carboxylic acids is 1. The number of alkyl carbamates (subject to hydrolysis) is 1. The molecule has 4 aromatic carbocycles. The van der Waals surface area contributed by atoms with Crippen molar-refractivity contribution in [3.05, 3.63) is 136 Å². The summed E-state index contributed by atoms with van der Waals surface area (Å²) in [6, 6.07) is 32.1. The molecular weight excluding hydrogens is 915 g/mol. The van der Waals surface area contributed by atoms with Crippen molar-refractivity contribution in [1.82, 2.24) is 24.7 Å². The fraction of sp³-hybridized carbons (Fsp3) is 0.298. The van der Waals surface area contributed by atoms with Crippen LogP contribution in [0.3, 0.4) is 0 Å². The Balaban J connectivity index is 1.17. The molecule has 2 aromatic heterocycles. The topological polar surface area (TPSA) is 239 Å². The molecule has 0 spiro atoms. The van der Waals surface area contributed by atoms with Crippen LogP contribution in [0.15, 0.2) is 103 Å². The average Bonchev–Trinajstić information content (AvgIpc) is 3.79. The van der Waals surface area contributed by atoms with Crippen LogP contribution in [-0.4, -0.2) is 82.5 Å². The lowest BCUT2D eigenvalue weighted by Crippen LogP contribution is -2.52. The van der Waals surface area contributed by atoms with Crippen molar-refractivity contribution < 1.29 is 42.3 Å². The predicted octanol–water partition coefficient (Wildman–Crippen LogP) is 8.25. The van der Waals surface area contributed by atoms with Crippen molar-refractivity contribution in [2.75, 3.05) is 49.0 Å². The third-order valence-corrected chi connectivity index (χ3v) is 12.9. The van der Waals surface area contributed by atoms with Crippen LogP contribution in [-0.2, 0) is 47.4 Å². The maximum Gasteiger partial charge on any atom is 0.476 e. The molecule has 21 heteroatoms. The van der Waals surface area contributed by atoms with Crippen molar-refractivity contribution in [1.29, 1.82) is 10.5 Å². The predicted molar refractivity (Wildman–Crippen MR) is 252 cm³/mol. The van der Waals surface area contributed by atoms with E-state index in [1.54, 1.807) is 78.4 Å². The summed E-state index contributed by atoms with van der Waals surface area (Å²) in [6.07, 6.45) is -0.919. The zero-order valence-electron chi connectivity index (χ0n) is 37.3. The molecule has 3 N–H and O–H groups in total. The molecule has 1 fully saturated rings. The van der Waals surface area contributed by atoms with Crippen LogP contribution in [0.5, 0.6) is 5.75 Å². The number of fused-ring (bicyclic) bond motifs is 1. The molecule has 1 amide bonds. The zero-order valence-corrected chi connectivity index (χ0v) is 39.0. The van der Waals surface area contributed by atoms with Gasteiger partial charge in [-0.1, -0.05) is 84.4 Å². The van der Waals surface area contributed by atoms with Gasteiger partial charge in [-0.2, -0.15) is 25.5 Å². The number of carboxylic acid groups (broad SMARTS) is 1. The summed E-state index contributed by atoms with van der Waals surface area (Å²) in [5, 5.41) is 36.7. The van der Waals surface area contributed by atoms with Gasteiger partial charge in [0.25, 0.3) is 0 Å². The number of hydrogen-bond donors (Lipinski definition) is 3. The Kier molecular flexibility index (Phi) is 16.1. The third kappa shape index (κ3) is 12.2. The molecule has 352 valence electrons. The number of phosphoric ester groups is 1. The fourth-order valence-electron chi connectivity index (χ4n) is 7.65. The number of amides is 1. The van der Waals surface area contributed by atoms with Crippen LogP contribution in [0.25, 0.3) is 5.78 Å². The van der Waals surface area contributed by atoms with Crippen molar-refractivity contribution >= 4 is 60.5 Å². The Hall–Kier alpha value is -7.25. The van der Waals surface area contributed by atoms with Crippen LogP contribution in [0.2, 0.25) is 5.02 Å². The Morgan fingerprint density at radius 1 is 0.941 bits per heavy atom. The number of imidazole rings is 1. The van der Waals surface area contributed by atoms with E-state index >= 15 is 0 Å². The van der Waals surface area contributed by atoms with E-state index in [4.69, 9.17) is 39.6 Å². The number of halogens is 1. The van der Waals surface area contributed by atoms with E-state index in [-0.39, 0.29) is 66.3 Å². The number of ether oxygens (including phenoxy) is 2. The first-order chi connectivity index (χ1) is 32.9. The molecule has 1 aliphatic rings. The number of rotatable bonds is 20. The molecule has 0 radical (unpaired) electrons. The summed E-state index contributed by atoms with van der Waals surface area (Å²) < 4.78 is 43.6. The van der Waals surface area contributed by atoms with Gasteiger partial charge in [0.05, 0.1) is 61.7 Å². The lowest BCUT2D eigenvalue weighted by molar-refractivity contribution is -0.147. The highest BCUT2D eigenvalue weighted by Gasteiger charge is 2.40. The van der Waals surface area contributed by atoms with Crippen LogP contribution in [0.4, 0.5) is 28.1 Å². The first kappa shape index (κ1) is 48.7. The minimum absolute atomic E-state index is 0.0763. The molecule has 3 atom stereocenters. The van der Waals surface area contributed by atoms with E-state index in [1.165, 1.54) is 7.11 Å². The Morgan fingerprint density at radius 3 is 2.21 bits per heavy atom. The lowest BCUT2D eigenvalue weighted by Gasteiger charge is -2.41. The van der Waals surface area contributed by atoms with Crippen molar-refractivity contribution in [2.24, 2.45) is 5.92 Å². The monoisotopic (exact) mass is 962 g/mol. The van der Waals surface area contributed by atoms with Crippen LogP contribution < -0.4 is 25.2 Å². The molecule has 68 heavy (non-hydrogen) atoms. The number of benzene rings is 4. The minimum atomic E-state index is -4.58. The molecular formula is C47H48ClN10O9P. The van der Waals surface area contributed by atoms with Crippen molar-refractivity contribution in [2.45, 2.75) is 51.7 Å². The van der Waals surface area contributed by atoms with Crippen molar-refractivity contribution in [3.63, 3.8) is 0 Å².